The average molecular weight is 215 g/mol. The van der Waals surface area contributed by atoms with Crippen LogP contribution in [-0.4, -0.2) is 0 Å². The van der Waals surface area contributed by atoms with Gasteiger partial charge in [0.05, 0.1) is 11.6 Å². The molecule has 0 atom stereocenters. The molecule has 2 heterocycles. The SMILES string of the molecule is NCc1coc2ccc3ccc(=O)oc3c12. The Morgan fingerprint density at radius 1 is 1.19 bits per heavy atom. The van der Waals surface area contributed by atoms with Gasteiger partial charge < -0.3 is 14.6 Å². The Labute approximate surface area is 90.3 Å². The van der Waals surface area contributed by atoms with Crippen LogP contribution >= 0.6 is 0 Å². The molecule has 4 heteroatoms. The lowest BCUT2D eigenvalue weighted by Crippen LogP contribution is -1.97. The Morgan fingerprint density at radius 3 is 2.81 bits per heavy atom. The first kappa shape index (κ1) is 9.18. The van der Waals surface area contributed by atoms with Gasteiger partial charge in [-0.05, 0) is 18.2 Å². The van der Waals surface area contributed by atoms with Crippen LogP contribution in [0.2, 0.25) is 0 Å². The number of rotatable bonds is 1. The molecule has 0 aliphatic heterocycles. The topological polar surface area (TPSA) is 69.4 Å². The molecular weight excluding hydrogens is 206 g/mol. The number of hydrogen-bond acceptors (Lipinski definition) is 4. The van der Waals surface area contributed by atoms with Crippen LogP contribution < -0.4 is 11.4 Å². The fraction of sp³-hybridized carbons (Fsp3) is 0.0833. The molecule has 0 spiro atoms. The maximum atomic E-state index is 11.2. The summed E-state index contributed by atoms with van der Waals surface area (Å²) in [5, 5.41) is 1.65. The van der Waals surface area contributed by atoms with E-state index in [2.05, 4.69) is 0 Å². The van der Waals surface area contributed by atoms with Gasteiger partial charge in [0.15, 0.2) is 0 Å². The van der Waals surface area contributed by atoms with Crippen molar-refractivity contribution >= 4 is 21.9 Å². The summed E-state index contributed by atoms with van der Waals surface area (Å²) in [5.41, 5.74) is 7.30. The zero-order valence-corrected chi connectivity index (χ0v) is 8.40. The van der Waals surface area contributed by atoms with Gasteiger partial charge in [0.2, 0.25) is 0 Å². The smallest absolute Gasteiger partial charge is 0.336 e. The van der Waals surface area contributed by atoms with Crippen LogP contribution in [0.25, 0.3) is 21.9 Å². The third-order valence-corrected chi connectivity index (χ3v) is 2.62. The molecule has 80 valence electrons. The minimum absolute atomic E-state index is 0.352. The lowest BCUT2D eigenvalue weighted by Gasteiger charge is -1.98. The highest BCUT2D eigenvalue weighted by Gasteiger charge is 2.10. The fourth-order valence-electron chi connectivity index (χ4n) is 1.86. The molecule has 0 aliphatic rings. The summed E-state index contributed by atoms with van der Waals surface area (Å²) < 4.78 is 10.6. The second-order valence-corrected chi connectivity index (χ2v) is 3.58. The van der Waals surface area contributed by atoms with E-state index < -0.39 is 0 Å². The molecular formula is C12H9NO3. The molecule has 0 fully saturated rings. The third-order valence-electron chi connectivity index (χ3n) is 2.62. The maximum Gasteiger partial charge on any atom is 0.336 e. The molecule has 4 nitrogen and oxygen atoms in total. The van der Waals surface area contributed by atoms with Crippen molar-refractivity contribution < 1.29 is 8.83 Å². The predicted molar refractivity (Wildman–Crippen MR) is 60.1 cm³/mol. The largest absolute Gasteiger partial charge is 0.464 e. The first-order valence-electron chi connectivity index (χ1n) is 4.92. The number of nitrogens with two attached hydrogens (primary N) is 1. The summed E-state index contributed by atoms with van der Waals surface area (Å²) >= 11 is 0. The molecule has 3 aromatic rings. The van der Waals surface area contributed by atoms with E-state index in [1.54, 1.807) is 12.3 Å². The van der Waals surface area contributed by atoms with Crippen LogP contribution in [0.5, 0.6) is 0 Å². The van der Waals surface area contributed by atoms with Crippen molar-refractivity contribution in [1.82, 2.24) is 0 Å². The number of fused-ring (bicyclic) bond motifs is 3. The maximum absolute atomic E-state index is 11.2. The van der Waals surface area contributed by atoms with Gasteiger partial charge in [0, 0.05) is 23.6 Å². The number of benzene rings is 1. The van der Waals surface area contributed by atoms with Crippen LogP contribution in [0.4, 0.5) is 0 Å². The molecule has 0 saturated carbocycles. The van der Waals surface area contributed by atoms with E-state index in [0.29, 0.717) is 17.7 Å². The second-order valence-electron chi connectivity index (χ2n) is 3.58. The van der Waals surface area contributed by atoms with E-state index in [4.69, 9.17) is 14.6 Å². The van der Waals surface area contributed by atoms with E-state index in [1.807, 2.05) is 12.1 Å². The lowest BCUT2D eigenvalue weighted by atomic mass is 10.1. The Bertz CT molecular complexity index is 724. The van der Waals surface area contributed by atoms with Crippen LogP contribution in [0.1, 0.15) is 5.56 Å². The Morgan fingerprint density at radius 2 is 2.00 bits per heavy atom. The molecule has 2 N–H and O–H groups in total. The molecule has 0 amide bonds. The zero-order valence-electron chi connectivity index (χ0n) is 8.40. The first-order valence-corrected chi connectivity index (χ1v) is 4.92. The van der Waals surface area contributed by atoms with Crippen LogP contribution in [-0.2, 0) is 6.54 Å². The van der Waals surface area contributed by atoms with Gasteiger partial charge in [-0.1, -0.05) is 0 Å². The van der Waals surface area contributed by atoms with Crippen molar-refractivity contribution in [1.29, 1.82) is 0 Å². The van der Waals surface area contributed by atoms with Crippen molar-refractivity contribution in [3.63, 3.8) is 0 Å². The molecule has 16 heavy (non-hydrogen) atoms. The highest BCUT2D eigenvalue weighted by atomic mass is 16.4. The van der Waals surface area contributed by atoms with E-state index in [1.165, 1.54) is 6.07 Å². The Hall–Kier alpha value is -2.07. The molecule has 0 aliphatic carbocycles. The van der Waals surface area contributed by atoms with Gasteiger partial charge in [-0.2, -0.15) is 0 Å². The number of furan rings is 1. The van der Waals surface area contributed by atoms with Gasteiger partial charge in [-0.25, -0.2) is 4.79 Å². The van der Waals surface area contributed by atoms with Gasteiger partial charge in [0.25, 0.3) is 0 Å². The van der Waals surface area contributed by atoms with Crippen LogP contribution in [0.3, 0.4) is 0 Å². The van der Waals surface area contributed by atoms with Gasteiger partial charge >= 0.3 is 5.63 Å². The van der Waals surface area contributed by atoms with E-state index in [0.717, 1.165) is 16.3 Å². The predicted octanol–water partition coefficient (Wildman–Crippen LogP) is 2.00. The van der Waals surface area contributed by atoms with Crippen LogP contribution in [0, 0.1) is 0 Å². The molecule has 3 rings (SSSR count). The molecule has 1 aromatic carbocycles. The standard InChI is InChI=1S/C12H9NO3/c13-5-8-6-15-9-3-1-7-2-4-10(14)16-12(7)11(8)9/h1-4,6H,5,13H2. The van der Waals surface area contributed by atoms with Crippen molar-refractivity contribution in [2.24, 2.45) is 5.73 Å². The first-order chi connectivity index (χ1) is 7.79. The normalized spacial score (nSPS) is 11.3. The van der Waals surface area contributed by atoms with Gasteiger partial charge in [0.1, 0.15) is 11.2 Å². The van der Waals surface area contributed by atoms with Gasteiger partial charge in [-0.15, -0.1) is 0 Å². The summed E-state index contributed by atoms with van der Waals surface area (Å²) in [6, 6.07) is 6.82. The van der Waals surface area contributed by atoms with Crippen molar-refractivity contribution in [3.8, 4) is 0 Å². The Kier molecular flexibility index (Phi) is 1.84. The molecule has 0 radical (unpaired) electrons. The highest BCUT2D eigenvalue weighted by Crippen LogP contribution is 2.28. The van der Waals surface area contributed by atoms with Crippen molar-refractivity contribution in [2.75, 3.05) is 0 Å². The molecule has 0 bridgehead atoms. The van der Waals surface area contributed by atoms with E-state index in [9.17, 15) is 4.79 Å². The third kappa shape index (κ3) is 1.17. The molecule has 0 saturated heterocycles. The fourth-order valence-corrected chi connectivity index (χ4v) is 1.86. The monoisotopic (exact) mass is 215 g/mol. The molecule has 0 unspecified atom stereocenters. The second kappa shape index (κ2) is 3.21. The van der Waals surface area contributed by atoms with Gasteiger partial charge in [-0.3, -0.25) is 0 Å². The summed E-state index contributed by atoms with van der Waals surface area (Å²) in [6.45, 7) is 0.352. The summed E-state index contributed by atoms with van der Waals surface area (Å²) in [6.07, 6.45) is 1.59. The Balaban J connectivity index is 2.59. The average Bonchev–Trinajstić information content (AvgIpc) is 2.72. The zero-order chi connectivity index (χ0) is 11.1. The van der Waals surface area contributed by atoms with Crippen molar-refractivity contribution in [2.45, 2.75) is 6.54 Å². The van der Waals surface area contributed by atoms with E-state index in [-0.39, 0.29) is 5.63 Å². The van der Waals surface area contributed by atoms with E-state index >= 15 is 0 Å². The van der Waals surface area contributed by atoms with Crippen LogP contribution in [0.15, 0.2) is 44.2 Å². The lowest BCUT2D eigenvalue weighted by molar-refractivity contribution is 0.563. The quantitative estimate of drug-likeness (QED) is 0.630. The summed E-state index contributed by atoms with van der Waals surface area (Å²) in [7, 11) is 0. The summed E-state index contributed by atoms with van der Waals surface area (Å²) in [5.74, 6) is 0. The minimum atomic E-state index is -0.371. The van der Waals surface area contributed by atoms with Crippen molar-refractivity contribution in [3.05, 3.63) is 46.5 Å². The highest BCUT2D eigenvalue weighted by molar-refractivity contribution is 6.03. The molecule has 2 aromatic heterocycles. The summed E-state index contributed by atoms with van der Waals surface area (Å²) in [4.78, 5) is 11.2. The minimum Gasteiger partial charge on any atom is -0.464 e. The number of hydrogen-bond donors (Lipinski definition) is 1.